The summed E-state index contributed by atoms with van der Waals surface area (Å²) in [6.07, 6.45) is 14.5. The summed E-state index contributed by atoms with van der Waals surface area (Å²) < 4.78 is 0. The SMILES string of the molecule is c1csc(CN2CC3(CCCC3)NCC23CCCCC3)n1. The first-order valence-corrected chi connectivity index (χ1v) is 9.57. The summed E-state index contributed by atoms with van der Waals surface area (Å²) >= 11 is 1.82. The Kier molecular flexibility index (Phi) is 3.80. The Balaban J connectivity index is 1.57. The van der Waals surface area contributed by atoms with Crippen LogP contribution in [0.25, 0.3) is 0 Å². The van der Waals surface area contributed by atoms with E-state index in [2.05, 4.69) is 20.6 Å². The van der Waals surface area contributed by atoms with Gasteiger partial charge in [0.1, 0.15) is 5.01 Å². The molecule has 1 N–H and O–H groups in total. The molecule has 1 saturated heterocycles. The molecule has 116 valence electrons. The Morgan fingerprint density at radius 3 is 2.57 bits per heavy atom. The first-order chi connectivity index (χ1) is 10.3. The average Bonchev–Trinajstić information content (AvgIpc) is 3.17. The highest BCUT2D eigenvalue weighted by Gasteiger charge is 2.48. The van der Waals surface area contributed by atoms with E-state index in [9.17, 15) is 0 Å². The number of thiazole rings is 1. The number of hydrogen-bond acceptors (Lipinski definition) is 4. The topological polar surface area (TPSA) is 28.2 Å². The van der Waals surface area contributed by atoms with E-state index in [1.807, 2.05) is 17.5 Å². The zero-order valence-electron chi connectivity index (χ0n) is 12.9. The van der Waals surface area contributed by atoms with Crippen molar-refractivity contribution >= 4 is 11.3 Å². The fourth-order valence-corrected chi connectivity index (χ4v) is 5.49. The van der Waals surface area contributed by atoms with E-state index in [4.69, 9.17) is 0 Å². The monoisotopic (exact) mass is 305 g/mol. The van der Waals surface area contributed by atoms with E-state index in [0.717, 1.165) is 6.54 Å². The summed E-state index contributed by atoms with van der Waals surface area (Å²) in [5.41, 5.74) is 0.831. The van der Waals surface area contributed by atoms with Crippen molar-refractivity contribution in [3.63, 3.8) is 0 Å². The fraction of sp³-hybridized carbons (Fsp3) is 0.824. The van der Waals surface area contributed by atoms with Gasteiger partial charge in [0.2, 0.25) is 0 Å². The maximum atomic E-state index is 4.56. The molecule has 2 aliphatic carbocycles. The third-order valence-corrected chi connectivity index (χ3v) is 6.88. The second kappa shape index (κ2) is 5.64. The Hall–Kier alpha value is -0.450. The van der Waals surface area contributed by atoms with Crippen LogP contribution in [0.1, 0.15) is 62.8 Å². The molecule has 0 atom stereocenters. The Morgan fingerprint density at radius 2 is 1.86 bits per heavy atom. The largest absolute Gasteiger partial charge is 0.308 e. The Bertz CT molecular complexity index is 458. The van der Waals surface area contributed by atoms with Gasteiger partial charge < -0.3 is 5.32 Å². The van der Waals surface area contributed by atoms with E-state index in [0.29, 0.717) is 11.1 Å². The van der Waals surface area contributed by atoms with Gasteiger partial charge in [-0.1, -0.05) is 32.1 Å². The Morgan fingerprint density at radius 1 is 1.10 bits per heavy atom. The van der Waals surface area contributed by atoms with Crippen LogP contribution in [0.15, 0.2) is 11.6 Å². The lowest BCUT2D eigenvalue weighted by Crippen LogP contribution is -2.69. The van der Waals surface area contributed by atoms with E-state index < -0.39 is 0 Å². The van der Waals surface area contributed by atoms with Crippen molar-refractivity contribution in [1.82, 2.24) is 15.2 Å². The van der Waals surface area contributed by atoms with Crippen LogP contribution in [0.2, 0.25) is 0 Å². The average molecular weight is 305 g/mol. The van der Waals surface area contributed by atoms with Crippen molar-refractivity contribution in [3.05, 3.63) is 16.6 Å². The molecule has 3 fully saturated rings. The summed E-state index contributed by atoms with van der Waals surface area (Å²) in [4.78, 5) is 7.39. The smallest absolute Gasteiger partial charge is 0.107 e. The zero-order chi connectivity index (χ0) is 14.2. The number of piperazine rings is 1. The van der Waals surface area contributed by atoms with Crippen LogP contribution in [0.3, 0.4) is 0 Å². The van der Waals surface area contributed by atoms with Gasteiger partial charge in [-0.15, -0.1) is 11.3 Å². The van der Waals surface area contributed by atoms with Crippen LogP contribution in [0.4, 0.5) is 0 Å². The molecule has 0 unspecified atom stereocenters. The molecule has 0 radical (unpaired) electrons. The van der Waals surface area contributed by atoms with Crippen molar-refractivity contribution in [2.75, 3.05) is 13.1 Å². The van der Waals surface area contributed by atoms with Crippen molar-refractivity contribution in [3.8, 4) is 0 Å². The summed E-state index contributed by atoms with van der Waals surface area (Å²) in [7, 11) is 0. The van der Waals surface area contributed by atoms with Gasteiger partial charge in [-0.3, -0.25) is 4.90 Å². The molecule has 1 aromatic heterocycles. The van der Waals surface area contributed by atoms with Crippen LogP contribution in [0.5, 0.6) is 0 Å². The second-order valence-electron chi connectivity index (χ2n) is 7.41. The third kappa shape index (κ3) is 2.66. The Labute approximate surface area is 132 Å². The van der Waals surface area contributed by atoms with Gasteiger partial charge in [0, 0.05) is 35.7 Å². The normalized spacial score (nSPS) is 28.4. The molecule has 4 heteroatoms. The lowest BCUT2D eigenvalue weighted by Gasteiger charge is -2.55. The maximum absolute atomic E-state index is 4.56. The molecule has 2 saturated carbocycles. The highest BCUT2D eigenvalue weighted by atomic mass is 32.1. The van der Waals surface area contributed by atoms with Gasteiger partial charge in [-0.05, 0) is 25.7 Å². The van der Waals surface area contributed by atoms with Crippen molar-refractivity contribution in [2.45, 2.75) is 75.4 Å². The summed E-state index contributed by atoms with van der Waals surface area (Å²) in [6, 6.07) is 0. The molecule has 1 aliphatic heterocycles. The minimum absolute atomic E-state index is 0.414. The standard InChI is InChI=1S/C17H27N3S/c1-2-8-17(9-3-1)13-19-16(6-4-5-7-16)14-20(17)12-15-18-10-11-21-15/h10-11,19H,1-9,12-14H2. The van der Waals surface area contributed by atoms with Crippen LogP contribution < -0.4 is 5.32 Å². The number of hydrogen-bond donors (Lipinski definition) is 1. The van der Waals surface area contributed by atoms with Gasteiger partial charge in [-0.2, -0.15) is 0 Å². The van der Waals surface area contributed by atoms with Crippen LogP contribution in [-0.2, 0) is 6.54 Å². The number of aromatic nitrogens is 1. The molecular formula is C17H27N3S. The zero-order valence-corrected chi connectivity index (χ0v) is 13.8. The van der Waals surface area contributed by atoms with Crippen LogP contribution >= 0.6 is 11.3 Å². The molecule has 0 aromatic carbocycles. The molecule has 1 aromatic rings. The summed E-state index contributed by atoms with van der Waals surface area (Å²) in [5, 5.41) is 7.43. The number of nitrogens with one attached hydrogen (secondary N) is 1. The molecule has 21 heavy (non-hydrogen) atoms. The molecule has 2 heterocycles. The van der Waals surface area contributed by atoms with Gasteiger partial charge >= 0.3 is 0 Å². The number of nitrogens with zero attached hydrogens (tertiary/aromatic N) is 2. The minimum atomic E-state index is 0.414. The lowest BCUT2D eigenvalue weighted by molar-refractivity contribution is -0.0238. The molecular weight excluding hydrogens is 278 g/mol. The highest BCUT2D eigenvalue weighted by molar-refractivity contribution is 7.09. The summed E-state index contributed by atoms with van der Waals surface area (Å²) in [5.74, 6) is 0. The van der Waals surface area contributed by atoms with Gasteiger partial charge in [0.15, 0.2) is 0 Å². The predicted molar refractivity (Wildman–Crippen MR) is 87.5 cm³/mol. The number of rotatable bonds is 2. The third-order valence-electron chi connectivity index (χ3n) is 6.11. The van der Waals surface area contributed by atoms with Gasteiger partial charge in [-0.25, -0.2) is 4.98 Å². The fourth-order valence-electron chi connectivity index (χ4n) is 4.86. The maximum Gasteiger partial charge on any atom is 0.107 e. The molecule has 0 amide bonds. The van der Waals surface area contributed by atoms with Crippen LogP contribution in [-0.4, -0.2) is 34.1 Å². The highest BCUT2D eigenvalue weighted by Crippen LogP contribution is 2.42. The van der Waals surface area contributed by atoms with Crippen molar-refractivity contribution < 1.29 is 0 Å². The second-order valence-corrected chi connectivity index (χ2v) is 8.39. The lowest BCUT2D eigenvalue weighted by atomic mass is 9.76. The molecule has 4 rings (SSSR count). The quantitative estimate of drug-likeness (QED) is 0.905. The van der Waals surface area contributed by atoms with Crippen molar-refractivity contribution in [2.24, 2.45) is 0 Å². The van der Waals surface area contributed by atoms with Crippen molar-refractivity contribution in [1.29, 1.82) is 0 Å². The first-order valence-electron chi connectivity index (χ1n) is 8.69. The van der Waals surface area contributed by atoms with Crippen LogP contribution in [0, 0.1) is 0 Å². The molecule has 3 nitrogen and oxygen atoms in total. The molecule has 3 aliphatic rings. The van der Waals surface area contributed by atoms with Gasteiger partial charge in [0.25, 0.3) is 0 Å². The van der Waals surface area contributed by atoms with Gasteiger partial charge in [0.05, 0.1) is 6.54 Å². The van der Waals surface area contributed by atoms with E-state index >= 15 is 0 Å². The molecule has 0 bridgehead atoms. The van der Waals surface area contributed by atoms with E-state index in [1.165, 1.54) is 75.9 Å². The molecule has 2 spiro atoms. The van der Waals surface area contributed by atoms with E-state index in [1.54, 1.807) is 0 Å². The van der Waals surface area contributed by atoms with E-state index in [-0.39, 0.29) is 0 Å². The minimum Gasteiger partial charge on any atom is -0.308 e. The summed E-state index contributed by atoms with van der Waals surface area (Å²) in [6.45, 7) is 3.52. The predicted octanol–water partition coefficient (Wildman–Crippen LogP) is 3.56. The first kappa shape index (κ1) is 14.2.